The normalized spacial score (nSPS) is 34.2. The van der Waals surface area contributed by atoms with E-state index >= 15 is 0 Å². The van der Waals surface area contributed by atoms with Crippen LogP contribution in [0.4, 0.5) is 0 Å². The van der Waals surface area contributed by atoms with Gasteiger partial charge in [0, 0.05) is 19.0 Å². The number of hydrogen-bond acceptors (Lipinski definition) is 2. The van der Waals surface area contributed by atoms with E-state index in [1.165, 1.54) is 0 Å². The first-order valence-corrected chi connectivity index (χ1v) is 3.93. The molecule has 2 unspecified atom stereocenters. The van der Waals surface area contributed by atoms with Gasteiger partial charge in [0.1, 0.15) is 0 Å². The van der Waals surface area contributed by atoms with Gasteiger partial charge in [-0.1, -0.05) is 13.8 Å². The monoisotopic (exact) mass is 143 g/mol. The largest absolute Gasteiger partial charge is 0.393 e. The van der Waals surface area contributed by atoms with Gasteiger partial charge in [0.15, 0.2) is 0 Å². The smallest absolute Gasteiger partial charge is 0.0558 e. The van der Waals surface area contributed by atoms with Crippen LogP contribution >= 0.6 is 0 Å². The molecule has 0 radical (unpaired) electrons. The molecule has 0 aliphatic carbocycles. The van der Waals surface area contributed by atoms with E-state index in [0.717, 1.165) is 13.1 Å². The van der Waals surface area contributed by atoms with Crippen molar-refractivity contribution in [3.05, 3.63) is 0 Å². The van der Waals surface area contributed by atoms with E-state index in [9.17, 15) is 5.11 Å². The molecular formula is C8H17NO. The molecule has 0 amide bonds. The lowest BCUT2D eigenvalue weighted by molar-refractivity contribution is 0.0798. The third-order valence-electron chi connectivity index (χ3n) is 2.53. The molecule has 2 N–H and O–H groups in total. The van der Waals surface area contributed by atoms with Crippen molar-refractivity contribution in [3.8, 4) is 0 Å². The van der Waals surface area contributed by atoms with Crippen molar-refractivity contribution in [1.29, 1.82) is 0 Å². The van der Waals surface area contributed by atoms with Crippen molar-refractivity contribution in [2.24, 2.45) is 11.3 Å². The van der Waals surface area contributed by atoms with Crippen LogP contribution < -0.4 is 5.32 Å². The molecule has 1 fully saturated rings. The van der Waals surface area contributed by atoms with Crippen LogP contribution in [0.25, 0.3) is 0 Å². The van der Waals surface area contributed by atoms with E-state index in [2.05, 4.69) is 19.2 Å². The summed E-state index contributed by atoms with van der Waals surface area (Å²) >= 11 is 0. The topological polar surface area (TPSA) is 32.3 Å². The highest BCUT2D eigenvalue weighted by Gasteiger charge is 2.36. The van der Waals surface area contributed by atoms with Crippen molar-refractivity contribution in [3.63, 3.8) is 0 Å². The van der Waals surface area contributed by atoms with Crippen LogP contribution in [-0.2, 0) is 0 Å². The van der Waals surface area contributed by atoms with E-state index < -0.39 is 0 Å². The Morgan fingerprint density at radius 2 is 2.20 bits per heavy atom. The quantitative estimate of drug-likeness (QED) is 0.564. The SMILES string of the molecule is CC(O)C1CNCC1(C)C. The lowest BCUT2D eigenvalue weighted by Crippen LogP contribution is -2.30. The number of hydrogen-bond donors (Lipinski definition) is 2. The zero-order chi connectivity index (χ0) is 7.78. The van der Waals surface area contributed by atoms with E-state index in [1.807, 2.05) is 6.92 Å². The van der Waals surface area contributed by atoms with Crippen molar-refractivity contribution in [2.45, 2.75) is 26.9 Å². The summed E-state index contributed by atoms with van der Waals surface area (Å²) in [4.78, 5) is 0. The highest BCUT2D eigenvalue weighted by molar-refractivity contribution is 4.90. The molecule has 0 saturated carbocycles. The van der Waals surface area contributed by atoms with Crippen molar-refractivity contribution in [1.82, 2.24) is 5.32 Å². The van der Waals surface area contributed by atoms with Gasteiger partial charge in [-0.15, -0.1) is 0 Å². The molecule has 10 heavy (non-hydrogen) atoms. The van der Waals surface area contributed by atoms with Gasteiger partial charge in [-0.2, -0.15) is 0 Å². The third-order valence-corrected chi connectivity index (χ3v) is 2.53. The van der Waals surface area contributed by atoms with Gasteiger partial charge in [0.05, 0.1) is 6.10 Å². The van der Waals surface area contributed by atoms with Gasteiger partial charge in [-0.05, 0) is 12.3 Å². The second-order valence-corrected chi connectivity index (χ2v) is 3.97. The number of rotatable bonds is 1. The molecule has 1 aliphatic rings. The minimum Gasteiger partial charge on any atom is -0.393 e. The van der Waals surface area contributed by atoms with Crippen LogP contribution in [0, 0.1) is 11.3 Å². The van der Waals surface area contributed by atoms with Crippen molar-refractivity contribution in [2.75, 3.05) is 13.1 Å². The second kappa shape index (κ2) is 2.51. The first-order chi connectivity index (χ1) is 4.54. The molecular weight excluding hydrogens is 126 g/mol. The molecule has 1 rings (SSSR count). The maximum absolute atomic E-state index is 9.35. The Morgan fingerprint density at radius 3 is 2.40 bits per heavy atom. The van der Waals surface area contributed by atoms with Crippen LogP contribution in [0.3, 0.4) is 0 Å². The molecule has 0 aromatic heterocycles. The molecule has 0 aromatic rings. The van der Waals surface area contributed by atoms with Gasteiger partial charge in [-0.25, -0.2) is 0 Å². The zero-order valence-corrected chi connectivity index (χ0v) is 7.02. The van der Waals surface area contributed by atoms with Gasteiger partial charge in [0.2, 0.25) is 0 Å². The zero-order valence-electron chi connectivity index (χ0n) is 7.02. The number of aliphatic hydroxyl groups excluding tert-OH is 1. The molecule has 2 atom stereocenters. The van der Waals surface area contributed by atoms with E-state index in [0.29, 0.717) is 5.92 Å². The lowest BCUT2D eigenvalue weighted by atomic mass is 9.79. The number of aliphatic hydroxyl groups is 1. The maximum Gasteiger partial charge on any atom is 0.0558 e. The van der Waals surface area contributed by atoms with Crippen LogP contribution in [-0.4, -0.2) is 24.3 Å². The number of nitrogens with one attached hydrogen (secondary N) is 1. The van der Waals surface area contributed by atoms with E-state index in [4.69, 9.17) is 0 Å². The molecule has 1 saturated heterocycles. The Balaban J connectivity index is 2.59. The molecule has 2 heteroatoms. The average molecular weight is 143 g/mol. The Kier molecular flexibility index (Phi) is 2.02. The Morgan fingerprint density at radius 1 is 1.60 bits per heavy atom. The predicted octanol–water partition coefficient (Wildman–Crippen LogP) is 0.613. The fourth-order valence-corrected chi connectivity index (χ4v) is 1.78. The van der Waals surface area contributed by atoms with Crippen LogP contribution in [0.1, 0.15) is 20.8 Å². The fraction of sp³-hybridized carbons (Fsp3) is 1.00. The summed E-state index contributed by atoms with van der Waals surface area (Å²) in [6.45, 7) is 8.27. The maximum atomic E-state index is 9.35. The van der Waals surface area contributed by atoms with E-state index in [1.54, 1.807) is 0 Å². The van der Waals surface area contributed by atoms with Crippen LogP contribution in [0.2, 0.25) is 0 Å². The summed E-state index contributed by atoms with van der Waals surface area (Å²) in [7, 11) is 0. The van der Waals surface area contributed by atoms with Crippen molar-refractivity contribution < 1.29 is 5.11 Å². The standard InChI is InChI=1S/C8H17NO/c1-6(10)7-4-9-5-8(7,2)3/h6-7,9-10H,4-5H2,1-3H3. The highest BCUT2D eigenvalue weighted by Crippen LogP contribution is 2.32. The summed E-state index contributed by atoms with van der Waals surface area (Å²) in [6.07, 6.45) is -0.176. The van der Waals surface area contributed by atoms with E-state index in [-0.39, 0.29) is 11.5 Å². The molecule has 1 heterocycles. The molecule has 0 spiro atoms. The Bertz CT molecular complexity index is 120. The summed E-state index contributed by atoms with van der Waals surface area (Å²) < 4.78 is 0. The Labute approximate surface area is 62.6 Å². The second-order valence-electron chi connectivity index (χ2n) is 3.97. The van der Waals surface area contributed by atoms with Gasteiger partial charge >= 0.3 is 0 Å². The minimum atomic E-state index is -0.176. The van der Waals surface area contributed by atoms with Gasteiger partial charge < -0.3 is 10.4 Å². The summed E-state index contributed by atoms with van der Waals surface area (Å²) in [6, 6.07) is 0. The summed E-state index contributed by atoms with van der Waals surface area (Å²) in [5, 5.41) is 12.6. The summed E-state index contributed by atoms with van der Waals surface area (Å²) in [5.41, 5.74) is 0.272. The van der Waals surface area contributed by atoms with Gasteiger partial charge in [-0.3, -0.25) is 0 Å². The molecule has 0 aromatic carbocycles. The Hall–Kier alpha value is -0.0800. The first-order valence-electron chi connectivity index (χ1n) is 3.93. The third kappa shape index (κ3) is 1.32. The molecule has 2 nitrogen and oxygen atoms in total. The molecule has 60 valence electrons. The van der Waals surface area contributed by atoms with Crippen LogP contribution in [0.5, 0.6) is 0 Å². The van der Waals surface area contributed by atoms with Crippen molar-refractivity contribution >= 4 is 0 Å². The lowest BCUT2D eigenvalue weighted by Gasteiger charge is -2.27. The fourth-order valence-electron chi connectivity index (χ4n) is 1.78. The van der Waals surface area contributed by atoms with Gasteiger partial charge in [0.25, 0.3) is 0 Å². The van der Waals surface area contributed by atoms with Crippen LogP contribution in [0.15, 0.2) is 0 Å². The molecule has 0 bridgehead atoms. The minimum absolute atomic E-state index is 0.176. The average Bonchev–Trinajstić information content (AvgIpc) is 2.08. The predicted molar refractivity (Wildman–Crippen MR) is 41.8 cm³/mol. The first kappa shape index (κ1) is 8.02. The highest BCUT2D eigenvalue weighted by atomic mass is 16.3. The summed E-state index contributed by atoms with van der Waals surface area (Å²) in [5.74, 6) is 0.424. The molecule has 1 aliphatic heterocycles.